The Morgan fingerprint density at radius 1 is 1.15 bits per heavy atom. The molecule has 2 saturated heterocycles. The molecular formula is C24H34N6O2S. The van der Waals surface area contributed by atoms with Crippen molar-refractivity contribution in [3.8, 4) is 0 Å². The lowest BCUT2D eigenvalue weighted by Gasteiger charge is -2.30. The van der Waals surface area contributed by atoms with Crippen molar-refractivity contribution in [2.75, 3.05) is 49.1 Å². The van der Waals surface area contributed by atoms with Gasteiger partial charge < -0.3 is 10.2 Å². The van der Waals surface area contributed by atoms with Crippen LogP contribution in [-0.4, -0.2) is 66.2 Å². The first-order valence-electron chi connectivity index (χ1n) is 12.1. The minimum atomic E-state index is 0.0559. The molecule has 1 aromatic carbocycles. The fourth-order valence-corrected chi connectivity index (χ4v) is 5.42. The van der Waals surface area contributed by atoms with Gasteiger partial charge in [0, 0.05) is 51.6 Å². The molecule has 3 heterocycles. The maximum Gasteiger partial charge on any atom is 0.228 e. The van der Waals surface area contributed by atoms with Gasteiger partial charge in [0.05, 0.1) is 0 Å². The van der Waals surface area contributed by atoms with Gasteiger partial charge in [-0.25, -0.2) is 0 Å². The molecule has 2 aromatic rings. The third-order valence-electron chi connectivity index (χ3n) is 6.49. The van der Waals surface area contributed by atoms with E-state index < -0.39 is 0 Å². The highest BCUT2D eigenvalue weighted by Crippen LogP contribution is 2.32. The topological polar surface area (TPSA) is 81.7 Å². The number of nitrogens with one attached hydrogen (secondary N) is 1. The maximum atomic E-state index is 12.6. The Morgan fingerprint density at radius 2 is 1.91 bits per heavy atom. The van der Waals surface area contributed by atoms with Crippen LogP contribution in [0.15, 0.2) is 30.3 Å². The molecule has 4 rings (SSSR count). The lowest BCUT2D eigenvalue weighted by molar-refractivity contribution is -0.125. The molecule has 0 spiro atoms. The quantitative estimate of drug-likeness (QED) is 0.538. The number of amides is 2. The Bertz CT molecular complexity index is 913. The summed E-state index contributed by atoms with van der Waals surface area (Å²) in [5.74, 6) is 0.358. The van der Waals surface area contributed by atoms with Crippen molar-refractivity contribution >= 4 is 33.4 Å². The molecule has 2 fully saturated rings. The molecule has 2 amide bonds. The lowest BCUT2D eigenvalue weighted by Crippen LogP contribution is -2.41. The van der Waals surface area contributed by atoms with E-state index in [1.807, 2.05) is 6.07 Å². The zero-order valence-electron chi connectivity index (χ0n) is 19.4. The minimum Gasteiger partial charge on any atom is -0.356 e. The molecule has 2 aliphatic rings. The molecule has 0 atom stereocenters. The van der Waals surface area contributed by atoms with E-state index in [0.29, 0.717) is 18.1 Å². The Morgan fingerprint density at radius 3 is 2.61 bits per heavy atom. The Hall–Kier alpha value is -2.52. The number of hydrogen-bond donors (Lipinski definition) is 1. The van der Waals surface area contributed by atoms with E-state index in [1.54, 1.807) is 4.90 Å². The third-order valence-corrected chi connectivity index (χ3v) is 7.50. The predicted octanol–water partition coefficient (Wildman–Crippen LogP) is 2.91. The third kappa shape index (κ3) is 6.29. The highest BCUT2D eigenvalue weighted by Gasteiger charge is 2.29. The molecule has 2 aliphatic heterocycles. The molecule has 1 N–H and O–H groups in total. The molecular weight excluding hydrogens is 436 g/mol. The summed E-state index contributed by atoms with van der Waals surface area (Å²) in [6, 6.07) is 10.5. The van der Waals surface area contributed by atoms with Crippen molar-refractivity contribution in [3.63, 3.8) is 0 Å². The normalized spacial score (nSPS) is 17.2. The average molecular weight is 471 g/mol. The van der Waals surface area contributed by atoms with E-state index >= 15 is 0 Å². The number of hydrogen-bond acceptors (Lipinski definition) is 7. The summed E-state index contributed by atoms with van der Waals surface area (Å²) in [5.41, 5.74) is 1.32. The molecule has 33 heavy (non-hydrogen) atoms. The summed E-state index contributed by atoms with van der Waals surface area (Å²) in [6.45, 7) is 8.14. The zero-order chi connectivity index (χ0) is 23.0. The second kappa shape index (κ2) is 11.6. The van der Waals surface area contributed by atoms with Crippen molar-refractivity contribution in [1.82, 2.24) is 20.4 Å². The number of piperidine rings is 1. The second-order valence-corrected chi connectivity index (χ2v) is 9.71. The number of nitrogens with zero attached hydrogens (tertiary/aromatic N) is 5. The fourth-order valence-electron chi connectivity index (χ4n) is 4.48. The van der Waals surface area contributed by atoms with Crippen LogP contribution in [0.1, 0.15) is 44.6 Å². The van der Waals surface area contributed by atoms with E-state index in [-0.39, 0.29) is 17.7 Å². The van der Waals surface area contributed by atoms with Crippen LogP contribution in [-0.2, 0) is 16.1 Å². The molecule has 0 radical (unpaired) electrons. The van der Waals surface area contributed by atoms with Crippen LogP contribution in [0.5, 0.6) is 0 Å². The SMILES string of the molecule is CCN(CCCNC(=O)C1CCN(c2nnc(N3CCCC3=O)s2)CC1)Cc1ccccc1. The highest BCUT2D eigenvalue weighted by atomic mass is 32.1. The number of carbonyl (C=O) groups is 2. The standard InChI is InChI=1S/C24H34N6O2S/c1-2-28(18-19-8-4-3-5-9-19)14-7-13-25-22(32)20-11-16-29(17-12-20)23-26-27-24(33-23)30-15-6-10-21(30)31/h3-5,8-9,20H,2,6-7,10-18H2,1H3,(H,25,32). The van der Waals surface area contributed by atoms with Crippen molar-refractivity contribution in [2.45, 2.75) is 45.6 Å². The largest absolute Gasteiger partial charge is 0.356 e. The number of aromatic nitrogens is 2. The van der Waals surface area contributed by atoms with E-state index in [0.717, 1.165) is 70.1 Å². The average Bonchev–Trinajstić information content (AvgIpc) is 3.50. The van der Waals surface area contributed by atoms with Crippen molar-refractivity contribution in [3.05, 3.63) is 35.9 Å². The highest BCUT2D eigenvalue weighted by molar-refractivity contribution is 7.19. The predicted molar refractivity (Wildman–Crippen MR) is 131 cm³/mol. The second-order valence-electron chi connectivity index (χ2n) is 8.78. The smallest absolute Gasteiger partial charge is 0.228 e. The van der Waals surface area contributed by atoms with Crippen LogP contribution < -0.4 is 15.1 Å². The first kappa shape index (κ1) is 23.6. The molecule has 0 bridgehead atoms. The van der Waals surface area contributed by atoms with Crippen LogP contribution in [0.25, 0.3) is 0 Å². The number of rotatable bonds is 10. The van der Waals surface area contributed by atoms with Gasteiger partial charge in [-0.1, -0.05) is 48.6 Å². The van der Waals surface area contributed by atoms with E-state index in [4.69, 9.17) is 0 Å². The van der Waals surface area contributed by atoms with Gasteiger partial charge in [-0.3, -0.25) is 19.4 Å². The summed E-state index contributed by atoms with van der Waals surface area (Å²) in [5, 5.41) is 13.2. The molecule has 0 aliphatic carbocycles. The Kier molecular flexibility index (Phi) is 8.28. The zero-order valence-corrected chi connectivity index (χ0v) is 20.2. The molecule has 0 saturated carbocycles. The number of anilines is 2. The van der Waals surface area contributed by atoms with Crippen LogP contribution in [0.2, 0.25) is 0 Å². The van der Waals surface area contributed by atoms with E-state index in [2.05, 4.69) is 56.5 Å². The van der Waals surface area contributed by atoms with Gasteiger partial charge in [-0.2, -0.15) is 0 Å². The first-order valence-corrected chi connectivity index (χ1v) is 12.9. The van der Waals surface area contributed by atoms with Crippen molar-refractivity contribution in [1.29, 1.82) is 0 Å². The molecule has 178 valence electrons. The summed E-state index contributed by atoms with van der Waals surface area (Å²) < 4.78 is 0. The van der Waals surface area contributed by atoms with Gasteiger partial charge in [0.2, 0.25) is 22.1 Å². The van der Waals surface area contributed by atoms with E-state index in [1.165, 1.54) is 16.9 Å². The van der Waals surface area contributed by atoms with Gasteiger partial charge in [-0.15, -0.1) is 10.2 Å². The van der Waals surface area contributed by atoms with Crippen molar-refractivity contribution < 1.29 is 9.59 Å². The van der Waals surface area contributed by atoms with Crippen LogP contribution >= 0.6 is 11.3 Å². The van der Waals surface area contributed by atoms with E-state index in [9.17, 15) is 9.59 Å². The Labute approximate surface area is 200 Å². The van der Waals surface area contributed by atoms with Crippen molar-refractivity contribution in [2.24, 2.45) is 5.92 Å². The van der Waals surface area contributed by atoms with Gasteiger partial charge >= 0.3 is 0 Å². The maximum absolute atomic E-state index is 12.6. The van der Waals surface area contributed by atoms with Gasteiger partial charge in [0.25, 0.3) is 0 Å². The Balaban J connectivity index is 1.15. The van der Waals surface area contributed by atoms with Crippen LogP contribution in [0.4, 0.5) is 10.3 Å². The molecule has 1 aromatic heterocycles. The van der Waals surface area contributed by atoms with Crippen LogP contribution in [0.3, 0.4) is 0 Å². The summed E-state index contributed by atoms with van der Waals surface area (Å²) in [7, 11) is 0. The van der Waals surface area contributed by atoms with Gasteiger partial charge in [0.1, 0.15) is 0 Å². The van der Waals surface area contributed by atoms with Gasteiger partial charge in [0.15, 0.2) is 0 Å². The minimum absolute atomic E-state index is 0.0559. The lowest BCUT2D eigenvalue weighted by atomic mass is 9.96. The summed E-state index contributed by atoms with van der Waals surface area (Å²) in [4.78, 5) is 30.9. The van der Waals surface area contributed by atoms with Gasteiger partial charge in [-0.05, 0) is 37.8 Å². The first-order chi connectivity index (χ1) is 16.1. The monoisotopic (exact) mass is 470 g/mol. The fraction of sp³-hybridized carbons (Fsp3) is 0.583. The van der Waals surface area contributed by atoms with Crippen LogP contribution in [0, 0.1) is 5.92 Å². The summed E-state index contributed by atoms with van der Waals surface area (Å²) >= 11 is 1.48. The molecule has 0 unspecified atom stereocenters. The number of benzene rings is 1. The summed E-state index contributed by atoms with van der Waals surface area (Å²) in [6.07, 6.45) is 4.07. The number of carbonyl (C=O) groups excluding carboxylic acids is 2. The molecule has 9 heteroatoms. The molecule has 8 nitrogen and oxygen atoms in total.